The standard InChI is InChI=1S/C21H26BrN3O2/c1-5-14-10-11-15(17-9-7-6-8-16(14)17)13-25(20(22)23)18(24-4)12-21(2,3)19(26)27/h6-11,23H,5,12-13H2,1-4H3,(H,26,27). The van der Waals surface area contributed by atoms with Crippen molar-refractivity contribution < 1.29 is 9.90 Å². The van der Waals surface area contributed by atoms with Crippen LogP contribution in [0.3, 0.4) is 0 Å². The van der Waals surface area contributed by atoms with Crippen LogP contribution in [0.25, 0.3) is 10.8 Å². The second kappa shape index (κ2) is 8.65. The van der Waals surface area contributed by atoms with Gasteiger partial charge in [-0.2, -0.15) is 0 Å². The van der Waals surface area contributed by atoms with Gasteiger partial charge < -0.3 is 10.0 Å². The van der Waals surface area contributed by atoms with Crippen molar-refractivity contribution in [2.45, 2.75) is 40.2 Å². The molecule has 0 aliphatic carbocycles. The Labute approximate surface area is 168 Å². The number of nitrogens with zero attached hydrogens (tertiary/aromatic N) is 2. The molecule has 2 aromatic rings. The molecule has 0 aromatic heterocycles. The van der Waals surface area contributed by atoms with E-state index in [1.165, 1.54) is 10.9 Å². The van der Waals surface area contributed by atoms with Crippen LogP contribution in [0.2, 0.25) is 0 Å². The summed E-state index contributed by atoms with van der Waals surface area (Å²) in [6.45, 7) is 5.92. The van der Waals surface area contributed by atoms with Crippen molar-refractivity contribution in [1.82, 2.24) is 4.90 Å². The summed E-state index contributed by atoms with van der Waals surface area (Å²) in [6.07, 6.45) is 1.19. The number of fused-ring (bicyclic) bond motifs is 1. The highest BCUT2D eigenvalue weighted by Crippen LogP contribution is 2.27. The zero-order chi connectivity index (χ0) is 20.2. The molecule has 0 fully saturated rings. The largest absolute Gasteiger partial charge is 0.481 e. The van der Waals surface area contributed by atoms with Gasteiger partial charge in [0.05, 0.1) is 12.0 Å². The van der Waals surface area contributed by atoms with Crippen molar-refractivity contribution in [2.24, 2.45) is 10.4 Å². The Morgan fingerprint density at radius 3 is 2.22 bits per heavy atom. The number of amidine groups is 2. The van der Waals surface area contributed by atoms with Gasteiger partial charge in [-0.05, 0) is 58.1 Å². The number of benzene rings is 2. The lowest BCUT2D eigenvalue weighted by Gasteiger charge is -2.29. The number of hydrogen-bond acceptors (Lipinski definition) is 3. The van der Waals surface area contributed by atoms with Gasteiger partial charge in [-0.15, -0.1) is 0 Å². The second-order valence-corrected chi connectivity index (χ2v) is 7.92. The fourth-order valence-corrected chi connectivity index (χ4v) is 3.41. The molecule has 0 atom stereocenters. The van der Waals surface area contributed by atoms with Crippen LogP contribution in [0.1, 0.15) is 38.3 Å². The number of carboxylic acids is 1. The summed E-state index contributed by atoms with van der Waals surface area (Å²) >= 11 is 3.26. The quantitative estimate of drug-likeness (QED) is 0.381. The number of aliphatic carboxylic acids is 1. The van der Waals surface area contributed by atoms with Crippen LogP contribution < -0.4 is 0 Å². The molecular formula is C21H26BrN3O2. The highest BCUT2D eigenvalue weighted by Gasteiger charge is 2.31. The van der Waals surface area contributed by atoms with E-state index in [4.69, 9.17) is 5.41 Å². The van der Waals surface area contributed by atoms with Crippen molar-refractivity contribution >= 4 is 43.3 Å². The lowest BCUT2D eigenvalue weighted by Crippen LogP contribution is -2.38. The molecule has 0 radical (unpaired) electrons. The lowest BCUT2D eigenvalue weighted by molar-refractivity contribution is -0.146. The van der Waals surface area contributed by atoms with Gasteiger partial charge in [-0.3, -0.25) is 15.2 Å². The molecule has 27 heavy (non-hydrogen) atoms. The van der Waals surface area contributed by atoms with Gasteiger partial charge in [0.1, 0.15) is 5.84 Å². The summed E-state index contributed by atoms with van der Waals surface area (Å²) in [5, 5.41) is 20.0. The first-order valence-corrected chi connectivity index (χ1v) is 9.70. The molecule has 0 unspecified atom stereocenters. The van der Waals surface area contributed by atoms with Crippen LogP contribution in [0.5, 0.6) is 0 Å². The summed E-state index contributed by atoms with van der Waals surface area (Å²) in [6, 6.07) is 12.5. The Bertz CT molecular complexity index is 890. The van der Waals surface area contributed by atoms with Crippen molar-refractivity contribution in [3.63, 3.8) is 0 Å². The highest BCUT2D eigenvalue weighted by atomic mass is 79.9. The molecule has 0 spiro atoms. The number of hydrogen-bond donors (Lipinski definition) is 2. The molecule has 0 heterocycles. The molecule has 0 amide bonds. The van der Waals surface area contributed by atoms with Gasteiger partial charge in [0.15, 0.2) is 4.74 Å². The molecule has 0 bridgehead atoms. The predicted octanol–water partition coefficient (Wildman–Crippen LogP) is 5.06. The van der Waals surface area contributed by atoms with E-state index in [0.717, 1.165) is 17.4 Å². The van der Waals surface area contributed by atoms with E-state index >= 15 is 0 Å². The van der Waals surface area contributed by atoms with Gasteiger partial charge >= 0.3 is 5.97 Å². The first-order chi connectivity index (χ1) is 12.7. The second-order valence-electron chi connectivity index (χ2n) is 7.17. The van der Waals surface area contributed by atoms with Crippen molar-refractivity contribution in [3.8, 4) is 0 Å². The number of aliphatic imine (C=N–C) groups is 1. The third-order valence-electron chi connectivity index (χ3n) is 4.80. The molecule has 0 saturated carbocycles. The number of nitrogens with one attached hydrogen (secondary N) is 1. The molecule has 5 nitrogen and oxygen atoms in total. The predicted molar refractivity (Wildman–Crippen MR) is 115 cm³/mol. The van der Waals surface area contributed by atoms with E-state index in [0.29, 0.717) is 12.4 Å². The maximum atomic E-state index is 11.5. The van der Waals surface area contributed by atoms with Crippen LogP contribution >= 0.6 is 15.9 Å². The number of carbonyl (C=O) groups is 1. The smallest absolute Gasteiger partial charge is 0.309 e. The Hall–Kier alpha value is -2.21. The topological polar surface area (TPSA) is 76.8 Å². The van der Waals surface area contributed by atoms with E-state index in [9.17, 15) is 9.90 Å². The molecule has 2 N–H and O–H groups in total. The lowest BCUT2D eigenvalue weighted by atomic mass is 9.88. The summed E-state index contributed by atoms with van der Waals surface area (Å²) in [5.74, 6) is -0.324. The van der Waals surface area contributed by atoms with Crippen LogP contribution in [-0.2, 0) is 17.8 Å². The zero-order valence-corrected chi connectivity index (χ0v) is 17.8. The van der Waals surface area contributed by atoms with Gasteiger partial charge in [-0.25, -0.2) is 0 Å². The van der Waals surface area contributed by atoms with E-state index < -0.39 is 11.4 Å². The highest BCUT2D eigenvalue weighted by molar-refractivity contribution is 9.18. The maximum absolute atomic E-state index is 11.5. The van der Waals surface area contributed by atoms with Crippen molar-refractivity contribution in [1.29, 1.82) is 5.41 Å². The average molecular weight is 432 g/mol. The average Bonchev–Trinajstić information content (AvgIpc) is 2.63. The number of carboxylic acid groups (broad SMARTS) is 1. The van der Waals surface area contributed by atoms with Crippen LogP contribution in [0, 0.1) is 10.8 Å². The summed E-state index contributed by atoms with van der Waals surface area (Å²) in [5.41, 5.74) is 1.39. The Morgan fingerprint density at radius 2 is 1.74 bits per heavy atom. The molecule has 0 aliphatic rings. The molecule has 6 heteroatoms. The summed E-state index contributed by atoms with van der Waals surface area (Å²) in [7, 11) is 1.63. The van der Waals surface area contributed by atoms with Crippen molar-refractivity contribution in [3.05, 3.63) is 47.5 Å². The number of aryl methyl sites for hydroxylation is 1. The monoisotopic (exact) mass is 431 g/mol. The molecule has 144 valence electrons. The SMILES string of the molecule is CCc1ccc(CN(C(=N)Br)C(CC(C)(C)C(=O)O)=NC)c2ccccc12. The minimum absolute atomic E-state index is 0.160. The molecule has 2 aromatic carbocycles. The molecule has 2 rings (SSSR count). The van der Waals surface area contributed by atoms with E-state index in [1.54, 1.807) is 25.8 Å². The number of rotatable bonds is 6. The van der Waals surface area contributed by atoms with Crippen LogP contribution in [0.4, 0.5) is 0 Å². The van der Waals surface area contributed by atoms with E-state index in [2.05, 4.69) is 52.1 Å². The Kier molecular flexibility index (Phi) is 6.76. The van der Waals surface area contributed by atoms with Crippen LogP contribution in [-0.4, -0.2) is 33.6 Å². The zero-order valence-electron chi connectivity index (χ0n) is 16.2. The Morgan fingerprint density at radius 1 is 1.19 bits per heavy atom. The Balaban J connectivity index is 2.44. The molecule has 0 aliphatic heterocycles. The minimum Gasteiger partial charge on any atom is -0.481 e. The third kappa shape index (κ3) is 4.75. The number of halogens is 1. The molecular weight excluding hydrogens is 406 g/mol. The third-order valence-corrected chi connectivity index (χ3v) is 5.23. The van der Waals surface area contributed by atoms with Crippen LogP contribution in [0.15, 0.2) is 41.4 Å². The first kappa shape index (κ1) is 21.1. The minimum atomic E-state index is -0.969. The van der Waals surface area contributed by atoms with Gasteiger partial charge in [-0.1, -0.05) is 43.3 Å². The first-order valence-electron chi connectivity index (χ1n) is 8.91. The summed E-state index contributed by atoms with van der Waals surface area (Å²) in [4.78, 5) is 17.5. The fraction of sp³-hybridized carbons (Fsp3) is 0.381. The van der Waals surface area contributed by atoms with E-state index in [-0.39, 0.29) is 11.2 Å². The molecule has 0 saturated heterocycles. The summed E-state index contributed by atoms with van der Waals surface area (Å²) < 4.78 is 0.160. The fourth-order valence-electron chi connectivity index (χ4n) is 3.08. The van der Waals surface area contributed by atoms with Gasteiger partial charge in [0, 0.05) is 13.5 Å². The maximum Gasteiger partial charge on any atom is 0.309 e. The van der Waals surface area contributed by atoms with Crippen molar-refractivity contribution in [2.75, 3.05) is 7.05 Å². The van der Waals surface area contributed by atoms with Gasteiger partial charge in [0.2, 0.25) is 0 Å². The van der Waals surface area contributed by atoms with Gasteiger partial charge in [0.25, 0.3) is 0 Å². The normalized spacial score (nSPS) is 12.3. The van der Waals surface area contributed by atoms with E-state index in [1.807, 2.05) is 12.1 Å².